The molecule has 11 heteroatoms. The molecule has 2 heterocycles. The quantitative estimate of drug-likeness (QED) is 0.324. The number of anilines is 3. The highest BCUT2D eigenvalue weighted by molar-refractivity contribution is 5.95. The van der Waals surface area contributed by atoms with Gasteiger partial charge < -0.3 is 20.3 Å². The van der Waals surface area contributed by atoms with Gasteiger partial charge in [0.25, 0.3) is 5.91 Å². The molecule has 0 saturated heterocycles. The van der Waals surface area contributed by atoms with Crippen LogP contribution in [0, 0.1) is 0 Å². The molecule has 1 aliphatic rings. The normalized spacial score (nSPS) is 13.0. The van der Waals surface area contributed by atoms with Crippen LogP contribution in [0.4, 0.5) is 30.8 Å². The molecular weight excluding hydrogens is 509 g/mol. The number of halogens is 3. The lowest BCUT2D eigenvalue weighted by Crippen LogP contribution is -2.28. The first-order chi connectivity index (χ1) is 18.8. The van der Waals surface area contributed by atoms with E-state index in [1.54, 1.807) is 25.2 Å². The van der Waals surface area contributed by atoms with E-state index in [4.69, 9.17) is 4.98 Å². The van der Waals surface area contributed by atoms with Gasteiger partial charge in [-0.3, -0.25) is 4.79 Å². The highest BCUT2D eigenvalue weighted by Crippen LogP contribution is 2.34. The Morgan fingerprint density at radius 2 is 1.77 bits per heavy atom. The molecule has 0 saturated carbocycles. The van der Waals surface area contributed by atoms with E-state index in [1.807, 2.05) is 41.3 Å². The number of amides is 1. The molecule has 3 aromatic carbocycles. The van der Waals surface area contributed by atoms with Crippen LogP contribution in [-0.4, -0.2) is 40.8 Å². The van der Waals surface area contributed by atoms with Crippen LogP contribution in [0.2, 0.25) is 0 Å². The van der Waals surface area contributed by atoms with E-state index in [-0.39, 0.29) is 17.9 Å². The van der Waals surface area contributed by atoms with Gasteiger partial charge in [0.2, 0.25) is 11.9 Å². The Morgan fingerprint density at radius 3 is 2.54 bits per heavy atom. The zero-order chi connectivity index (χ0) is 27.4. The Morgan fingerprint density at radius 1 is 1.00 bits per heavy atom. The molecule has 0 atom stereocenters. The number of aromatic nitrogens is 3. The smallest absolute Gasteiger partial charge is 0.405 e. The molecule has 0 radical (unpaired) electrons. The van der Waals surface area contributed by atoms with E-state index in [9.17, 15) is 18.0 Å². The lowest BCUT2D eigenvalue weighted by Gasteiger charge is -2.30. The Kier molecular flexibility index (Phi) is 7.31. The van der Waals surface area contributed by atoms with Gasteiger partial charge in [-0.1, -0.05) is 54.6 Å². The second-order valence-corrected chi connectivity index (χ2v) is 8.84. The van der Waals surface area contributed by atoms with E-state index < -0.39 is 12.3 Å². The van der Waals surface area contributed by atoms with Gasteiger partial charge in [-0.25, -0.2) is 0 Å². The van der Waals surface area contributed by atoms with Crippen molar-refractivity contribution in [2.75, 3.05) is 23.8 Å². The van der Waals surface area contributed by atoms with Crippen LogP contribution in [0.5, 0.6) is 5.75 Å². The Hall–Kier alpha value is -4.67. The Labute approximate surface area is 222 Å². The number of para-hydroxylation sites is 1. The van der Waals surface area contributed by atoms with Gasteiger partial charge in [0.15, 0.2) is 5.82 Å². The van der Waals surface area contributed by atoms with E-state index in [0.29, 0.717) is 29.8 Å². The maximum Gasteiger partial charge on any atom is 0.573 e. The summed E-state index contributed by atoms with van der Waals surface area (Å²) in [6.07, 6.45) is -3.13. The monoisotopic (exact) mass is 534 g/mol. The van der Waals surface area contributed by atoms with E-state index in [1.165, 1.54) is 18.2 Å². The van der Waals surface area contributed by atoms with Gasteiger partial charge in [0, 0.05) is 42.5 Å². The van der Waals surface area contributed by atoms with Gasteiger partial charge >= 0.3 is 6.36 Å². The van der Waals surface area contributed by atoms with Crippen molar-refractivity contribution >= 4 is 23.5 Å². The van der Waals surface area contributed by atoms with Crippen LogP contribution in [-0.2, 0) is 13.0 Å². The maximum absolute atomic E-state index is 13.0. The molecule has 39 heavy (non-hydrogen) atoms. The Balaban J connectivity index is 1.41. The largest absolute Gasteiger partial charge is 0.573 e. The highest BCUT2D eigenvalue weighted by atomic mass is 19.4. The van der Waals surface area contributed by atoms with Gasteiger partial charge in [0.1, 0.15) is 5.75 Å². The average molecular weight is 535 g/mol. The van der Waals surface area contributed by atoms with Crippen molar-refractivity contribution in [1.82, 2.24) is 20.3 Å². The molecule has 0 unspecified atom stereocenters. The summed E-state index contributed by atoms with van der Waals surface area (Å²) in [5.41, 5.74) is 3.25. The summed E-state index contributed by atoms with van der Waals surface area (Å²) in [5, 5.41) is 5.68. The van der Waals surface area contributed by atoms with Crippen molar-refractivity contribution in [2.45, 2.75) is 25.7 Å². The lowest BCUT2D eigenvalue weighted by atomic mass is 9.99. The summed E-state index contributed by atoms with van der Waals surface area (Å²) in [4.78, 5) is 28.8. The minimum Gasteiger partial charge on any atom is -0.405 e. The molecule has 1 aliphatic heterocycles. The zero-order valence-corrected chi connectivity index (χ0v) is 21.0. The summed E-state index contributed by atoms with van der Waals surface area (Å²) >= 11 is 0. The van der Waals surface area contributed by atoms with Crippen molar-refractivity contribution < 1.29 is 22.7 Å². The number of benzene rings is 3. The summed E-state index contributed by atoms with van der Waals surface area (Å²) in [5.74, 6) is 0.600. The lowest BCUT2D eigenvalue weighted by molar-refractivity contribution is -0.274. The third kappa shape index (κ3) is 6.08. The zero-order valence-electron chi connectivity index (χ0n) is 21.0. The van der Waals surface area contributed by atoms with E-state index in [2.05, 4.69) is 25.3 Å². The first-order valence-electron chi connectivity index (χ1n) is 12.3. The number of alkyl halides is 3. The first kappa shape index (κ1) is 26.0. The predicted octanol–water partition coefficient (Wildman–Crippen LogP) is 5.49. The van der Waals surface area contributed by atoms with Crippen molar-refractivity contribution in [3.05, 3.63) is 89.5 Å². The first-order valence-corrected chi connectivity index (χ1v) is 12.3. The third-order valence-electron chi connectivity index (χ3n) is 6.22. The molecule has 0 fully saturated rings. The average Bonchev–Trinajstić information content (AvgIpc) is 2.95. The third-order valence-corrected chi connectivity index (χ3v) is 6.22. The number of hydrogen-bond donors (Lipinski definition) is 2. The summed E-state index contributed by atoms with van der Waals surface area (Å²) < 4.78 is 42.4. The number of aryl methyl sites for hydroxylation is 1. The number of hydrogen-bond acceptors (Lipinski definition) is 7. The van der Waals surface area contributed by atoms with E-state index >= 15 is 0 Å². The molecule has 0 bridgehead atoms. The fraction of sp³-hybridized carbons (Fsp3) is 0.214. The van der Waals surface area contributed by atoms with Crippen molar-refractivity contribution in [1.29, 1.82) is 0 Å². The highest BCUT2D eigenvalue weighted by Gasteiger charge is 2.32. The molecule has 2 N–H and O–H groups in total. The molecule has 5 rings (SSSR count). The number of carbonyl (C=O) groups excluding carboxylic acids is 1. The number of nitrogens with zero attached hydrogens (tertiary/aromatic N) is 4. The minimum absolute atomic E-state index is 0.134. The molecule has 0 aliphatic carbocycles. The van der Waals surface area contributed by atoms with Crippen LogP contribution >= 0.6 is 0 Å². The summed E-state index contributed by atoms with van der Waals surface area (Å²) in [6, 6.07) is 20.6. The number of rotatable bonds is 7. The minimum atomic E-state index is -4.83. The van der Waals surface area contributed by atoms with Crippen LogP contribution in [0.15, 0.2) is 72.8 Å². The standard InChI is InChI=1S/C28H25F3N6O2/c1-32-26-34-24(19-8-3-2-4-9-19)35-27(36-26)37-15-7-11-18-13-14-20(16-22(18)37)25(38)33-17-21-10-5-6-12-23(21)39-28(29,30)31/h2-6,8-10,12-14,16H,7,11,15,17H2,1H3,(H,33,38)(H,32,34,35,36). The number of carbonyl (C=O) groups is 1. The van der Waals surface area contributed by atoms with Gasteiger partial charge in [0.05, 0.1) is 0 Å². The van der Waals surface area contributed by atoms with Crippen LogP contribution < -0.4 is 20.3 Å². The van der Waals surface area contributed by atoms with Crippen LogP contribution in [0.1, 0.15) is 27.9 Å². The number of fused-ring (bicyclic) bond motifs is 1. The molecule has 1 amide bonds. The molecule has 200 valence electrons. The van der Waals surface area contributed by atoms with Crippen molar-refractivity contribution in [3.8, 4) is 17.1 Å². The predicted molar refractivity (Wildman–Crippen MR) is 141 cm³/mol. The number of ether oxygens (including phenoxy) is 1. The van der Waals surface area contributed by atoms with Crippen molar-refractivity contribution in [2.24, 2.45) is 0 Å². The van der Waals surface area contributed by atoms with Crippen LogP contribution in [0.3, 0.4) is 0 Å². The van der Waals surface area contributed by atoms with Gasteiger partial charge in [-0.15, -0.1) is 13.2 Å². The second-order valence-electron chi connectivity index (χ2n) is 8.84. The summed E-state index contributed by atoms with van der Waals surface area (Å²) in [7, 11) is 1.73. The molecule has 0 spiro atoms. The van der Waals surface area contributed by atoms with Gasteiger partial charge in [-0.2, -0.15) is 15.0 Å². The fourth-order valence-corrected chi connectivity index (χ4v) is 4.39. The maximum atomic E-state index is 13.0. The molecular formula is C28H25F3N6O2. The second kappa shape index (κ2) is 11.0. The molecule has 4 aromatic rings. The Bertz CT molecular complexity index is 1480. The van der Waals surface area contributed by atoms with E-state index in [0.717, 1.165) is 29.7 Å². The SMILES string of the molecule is CNc1nc(-c2ccccc2)nc(N2CCCc3ccc(C(=O)NCc4ccccc4OC(F)(F)F)cc32)n1. The number of nitrogens with one attached hydrogen (secondary N) is 2. The fourth-order valence-electron chi connectivity index (χ4n) is 4.39. The van der Waals surface area contributed by atoms with Crippen LogP contribution in [0.25, 0.3) is 11.4 Å². The topological polar surface area (TPSA) is 92.3 Å². The summed E-state index contributed by atoms with van der Waals surface area (Å²) in [6.45, 7) is 0.507. The van der Waals surface area contributed by atoms with Crippen molar-refractivity contribution in [3.63, 3.8) is 0 Å². The molecule has 8 nitrogen and oxygen atoms in total. The molecule has 1 aromatic heterocycles. The van der Waals surface area contributed by atoms with Gasteiger partial charge in [-0.05, 0) is 36.6 Å².